The van der Waals surface area contributed by atoms with E-state index in [-0.39, 0.29) is 0 Å². The summed E-state index contributed by atoms with van der Waals surface area (Å²) in [6.07, 6.45) is 5.85. The largest absolute Gasteiger partial charge is 0.356 e. The second-order valence-electron chi connectivity index (χ2n) is 5.05. The lowest BCUT2D eigenvalue weighted by Crippen LogP contribution is -2.36. The number of piperidine rings is 1. The molecule has 1 aliphatic heterocycles. The van der Waals surface area contributed by atoms with Crippen LogP contribution in [0.25, 0.3) is 0 Å². The molecule has 0 radical (unpaired) electrons. The molecule has 3 heteroatoms. The molecule has 2 rings (SSSR count). The van der Waals surface area contributed by atoms with Gasteiger partial charge in [0.15, 0.2) is 0 Å². The molecule has 2 heterocycles. The average molecular weight is 233 g/mol. The van der Waals surface area contributed by atoms with E-state index in [0.717, 1.165) is 30.4 Å². The van der Waals surface area contributed by atoms with E-state index in [2.05, 4.69) is 29.8 Å². The van der Waals surface area contributed by atoms with Crippen molar-refractivity contribution in [1.29, 1.82) is 0 Å². The average Bonchev–Trinajstić information content (AvgIpc) is 2.38. The Kier molecular flexibility index (Phi) is 4.00. The highest BCUT2D eigenvalue weighted by atomic mass is 15.2. The van der Waals surface area contributed by atoms with Gasteiger partial charge in [-0.1, -0.05) is 13.3 Å². The van der Waals surface area contributed by atoms with Gasteiger partial charge in [0.2, 0.25) is 0 Å². The molecule has 1 aliphatic rings. The van der Waals surface area contributed by atoms with Crippen molar-refractivity contribution in [3.05, 3.63) is 23.4 Å². The molecule has 0 saturated carbocycles. The Morgan fingerprint density at radius 3 is 3.00 bits per heavy atom. The zero-order valence-corrected chi connectivity index (χ0v) is 10.9. The van der Waals surface area contributed by atoms with Crippen LogP contribution in [0, 0.1) is 12.8 Å². The molecular weight excluding hydrogens is 210 g/mol. The van der Waals surface area contributed by atoms with Crippen LogP contribution in [0.2, 0.25) is 0 Å². The molecule has 2 N–H and O–H groups in total. The Labute approximate surface area is 104 Å². The fourth-order valence-corrected chi connectivity index (χ4v) is 2.66. The van der Waals surface area contributed by atoms with Crippen molar-refractivity contribution < 1.29 is 0 Å². The van der Waals surface area contributed by atoms with Crippen LogP contribution < -0.4 is 10.6 Å². The summed E-state index contributed by atoms with van der Waals surface area (Å²) >= 11 is 0. The Balaban J connectivity index is 2.16. The van der Waals surface area contributed by atoms with Crippen molar-refractivity contribution in [2.45, 2.75) is 39.7 Å². The van der Waals surface area contributed by atoms with E-state index in [0.29, 0.717) is 6.54 Å². The molecule has 1 atom stereocenters. The highest BCUT2D eigenvalue weighted by Crippen LogP contribution is 2.25. The predicted molar refractivity (Wildman–Crippen MR) is 72.1 cm³/mol. The van der Waals surface area contributed by atoms with Crippen LogP contribution in [0.5, 0.6) is 0 Å². The number of rotatable bonds is 3. The molecule has 1 fully saturated rings. The molecule has 3 nitrogen and oxygen atoms in total. The molecular formula is C14H23N3. The summed E-state index contributed by atoms with van der Waals surface area (Å²) in [5.41, 5.74) is 8.01. The highest BCUT2D eigenvalue weighted by molar-refractivity contribution is 5.47. The maximum Gasteiger partial charge on any atom is 0.131 e. The van der Waals surface area contributed by atoms with Gasteiger partial charge in [-0.15, -0.1) is 0 Å². The van der Waals surface area contributed by atoms with Crippen molar-refractivity contribution in [3.63, 3.8) is 0 Å². The number of pyridine rings is 1. The molecule has 94 valence electrons. The molecule has 1 aromatic heterocycles. The minimum atomic E-state index is 0.575. The summed E-state index contributed by atoms with van der Waals surface area (Å²) in [6, 6.07) is 2.16. The van der Waals surface area contributed by atoms with Gasteiger partial charge in [-0.05, 0) is 42.9 Å². The smallest absolute Gasteiger partial charge is 0.131 e. The zero-order chi connectivity index (χ0) is 12.3. The van der Waals surface area contributed by atoms with E-state index in [1.165, 1.54) is 24.8 Å². The molecule has 1 saturated heterocycles. The SMILES string of the molecule is CCC1CCCN(c2ncc(CN)cc2C)C1. The topological polar surface area (TPSA) is 42.2 Å². The quantitative estimate of drug-likeness (QED) is 0.872. The van der Waals surface area contributed by atoms with Crippen molar-refractivity contribution in [3.8, 4) is 0 Å². The lowest BCUT2D eigenvalue weighted by molar-refractivity contribution is 0.402. The van der Waals surface area contributed by atoms with Crippen LogP contribution in [0.3, 0.4) is 0 Å². The minimum Gasteiger partial charge on any atom is -0.356 e. The second kappa shape index (κ2) is 5.50. The first-order chi connectivity index (χ1) is 8.24. The number of nitrogens with two attached hydrogens (primary N) is 1. The Morgan fingerprint density at radius 1 is 1.53 bits per heavy atom. The lowest BCUT2D eigenvalue weighted by Gasteiger charge is -2.34. The maximum atomic E-state index is 5.64. The normalized spacial score (nSPS) is 20.6. The van der Waals surface area contributed by atoms with Gasteiger partial charge < -0.3 is 10.6 Å². The van der Waals surface area contributed by atoms with E-state index in [1.807, 2.05) is 6.20 Å². The van der Waals surface area contributed by atoms with E-state index in [4.69, 9.17) is 5.73 Å². The third kappa shape index (κ3) is 2.78. The standard InChI is InChI=1S/C14H23N3/c1-3-12-5-4-6-17(10-12)14-11(2)7-13(8-15)9-16-14/h7,9,12H,3-6,8,10,15H2,1-2H3. The van der Waals surface area contributed by atoms with Crippen molar-refractivity contribution in [2.75, 3.05) is 18.0 Å². The lowest BCUT2D eigenvalue weighted by atomic mass is 9.95. The summed E-state index contributed by atoms with van der Waals surface area (Å²) in [6.45, 7) is 7.30. The van der Waals surface area contributed by atoms with Crippen LogP contribution in [-0.4, -0.2) is 18.1 Å². The van der Waals surface area contributed by atoms with E-state index in [9.17, 15) is 0 Å². The number of aryl methyl sites for hydroxylation is 1. The molecule has 0 aliphatic carbocycles. The zero-order valence-electron chi connectivity index (χ0n) is 10.9. The van der Waals surface area contributed by atoms with Gasteiger partial charge in [0, 0.05) is 25.8 Å². The Bertz CT molecular complexity index is 376. The molecule has 17 heavy (non-hydrogen) atoms. The Hall–Kier alpha value is -1.09. The van der Waals surface area contributed by atoms with Gasteiger partial charge in [-0.25, -0.2) is 4.98 Å². The minimum absolute atomic E-state index is 0.575. The fourth-order valence-electron chi connectivity index (χ4n) is 2.66. The first-order valence-electron chi connectivity index (χ1n) is 6.65. The van der Waals surface area contributed by atoms with E-state index in [1.54, 1.807) is 0 Å². The summed E-state index contributed by atoms with van der Waals surface area (Å²) in [4.78, 5) is 7.03. The van der Waals surface area contributed by atoms with Gasteiger partial charge in [0.25, 0.3) is 0 Å². The molecule has 0 amide bonds. The van der Waals surface area contributed by atoms with Gasteiger partial charge in [-0.3, -0.25) is 0 Å². The third-order valence-electron chi connectivity index (χ3n) is 3.74. The summed E-state index contributed by atoms with van der Waals surface area (Å²) < 4.78 is 0. The van der Waals surface area contributed by atoms with Crippen LogP contribution in [0.15, 0.2) is 12.3 Å². The van der Waals surface area contributed by atoms with Crippen LogP contribution in [0.4, 0.5) is 5.82 Å². The fraction of sp³-hybridized carbons (Fsp3) is 0.643. The summed E-state index contributed by atoms with van der Waals surface area (Å²) in [5, 5.41) is 0. The number of hydrogen-bond acceptors (Lipinski definition) is 3. The van der Waals surface area contributed by atoms with Crippen molar-refractivity contribution in [2.24, 2.45) is 11.7 Å². The monoisotopic (exact) mass is 233 g/mol. The van der Waals surface area contributed by atoms with Crippen molar-refractivity contribution >= 4 is 5.82 Å². The number of aromatic nitrogens is 1. The molecule has 0 spiro atoms. The van der Waals surface area contributed by atoms with Gasteiger partial charge in [0.1, 0.15) is 5.82 Å². The van der Waals surface area contributed by atoms with Gasteiger partial charge in [0.05, 0.1) is 0 Å². The highest BCUT2D eigenvalue weighted by Gasteiger charge is 2.20. The molecule has 1 aromatic rings. The Morgan fingerprint density at radius 2 is 2.35 bits per heavy atom. The summed E-state index contributed by atoms with van der Waals surface area (Å²) in [5.74, 6) is 1.99. The third-order valence-corrected chi connectivity index (χ3v) is 3.74. The van der Waals surface area contributed by atoms with E-state index >= 15 is 0 Å². The number of nitrogens with zero attached hydrogens (tertiary/aromatic N) is 2. The number of anilines is 1. The van der Waals surface area contributed by atoms with Gasteiger partial charge in [-0.2, -0.15) is 0 Å². The summed E-state index contributed by atoms with van der Waals surface area (Å²) in [7, 11) is 0. The second-order valence-corrected chi connectivity index (χ2v) is 5.05. The number of hydrogen-bond donors (Lipinski definition) is 1. The van der Waals surface area contributed by atoms with Crippen LogP contribution in [-0.2, 0) is 6.54 Å². The molecule has 1 unspecified atom stereocenters. The predicted octanol–water partition coefficient (Wildman–Crippen LogP) is 2.48. The first kappa shape index (κ1) is 12.4. The van der Waals surface area contributed by atoms with Crippen LogP contribution >= 0.6 is 0 Å². The van der Waals surface area contributed by atoms with E-state index < -0.39 is 0 Å². The van der Waals surface area contributed by atoms with Gasteiger partial charge >= 0.3 is 0 Å². The molecule has 0 aromatic carbocycles. The first-order valence-corrected chi connectivity index (χ1v) is 6.65. The van der Waals surface area contributed by atoms with Crippen molar-refractivity contribution in [1.82, 2.24) is 4.98 Å². The maximum absolute atomic E-state index is 5.64. The molecule has 0 bridgehead atoms. The van der Waals surface area contributed by atoms with Crippen LogP contribution in [0.1, 0.15) is 37.3 Å².